The van der Waals surface area contributed by atoms with Crippen LogP contribution in [0.5, 0.6) is 11.5 Å². The van der Waals surface area contributed by atoms with Crippen molar-refractivity contribution in [3.8, 4) is 11.5 Å². The Morgan fingerprint density at radius 3 is 2.51 bits per heavy atom. The zero-order chi connectivity index (χ0) is 26.5. The number of piperazine rings is 1. The minimum absolute atomic E-state index is 0.0368. The number of aromatic nitrogens is 1. The molecule has 1 N–H and O–H groups in total. The molecule has 12 heteroatoms. The quantitative estimate of drug-likeness (QED) is 0.447. The first-order valence-corrected chi connectivity index (χ1v) is 11.9. The second kappa shape index (κ2) is 11.6. The summed E-state index contributed by atoms with van der Waals surface area (Å²) < 4.78 is 34.5. The smallest absolute Gasteiger partial charge is 0.387 e. The fraction of sp³-hybridized carbons (Fsp3) is 0.240. The summed E-state index contributed by atoms with van der Waals surface area (Å²) in [5, 5.41) is 3.48. The number of benzene rings is 2. The van der Waals surface area contributed by atoms with Crippen molar-refractivity contribution in [1.82, 2.24) is 9.88 Å². The summed E-state index contributed by atoms with van der Waals surface area (Å²) in [7, 11) is 1.46. The lowest BCUT2D eigenvalue weighted by Gasteiger charge is -2.42. The maximum atomic E-state index is 13.5. The Balaban J connectivity index is 1.59. The van der Waals surface area contributed by atoms with Gasteiger partial charge >= 0.3 is 6.61 Å². The molecule has 3 aromatic rings. The summed E-state index contributed by atoms with van der Waals surface area (Å²) in [4.78, 5) is 34.2. The zero-order valence-corrected chi connectivity index (χ0v) is 21.0. The molecule has 37 heavy (non-hydrogen) atoms. The number of alkyl halides is 2. The van der Waals surface area contributed by atoms with Crippen molar-refractivity contribution in [2.24, 2.45) is 0 Å². The SMILES string of the molecule is COc1ccncc1C(=O)N1CCN(c2ccc(Cl)c(Cl)c2)[C@H](C(=O)Nc2ccc(OC(F)F)cc2)C1. The normalized spacial score (nSPS) is 15.5. The molecule has 0 aliphatic carbocycles. The largest absolute Gasteiger partial charge is 0.496 e. The molecule has 2 heterocycles. The van der Waals surface area contributed by atoms with E-state index in [4.69, 9.17) is 27.9 Å². The van der Waals surface area contributed by atoms with Crippen LogP contribution in [0.1, 0.15) is 10.4 Å². The van der Waals surface area contributed by atoms with Gasteiger partial charge in [-0.05, 0) is 48.5 Å². The predicted octanol–water partition coefficient (Wildman–Crippen LogP) is 4.97. The zero-order valence-electron chi connectivity index (χ0n) is 19.5. The highest BCUT2D eigenvalue weighted by molar-refractivity contribution is 6.42. The van der Waals surface area contributed by atoms with Crippen molar-refractivity contribution in [3.63, 3.8) is 0 Å². The van der Waals surface area contributed by atoms with Gasteiger partial charge in [0.05, 0.1) is 29.3 Å². The number of carbonyl (C=O) groups is 2. The molecular weight excluding hydrogens is 529 g/mol. The summed E-state index contributed by atoms with van der Waals surface area (Å²) in [6, 6.07) is 11.4. The molecule has 0 saturated carbocycles. The van der Waals surface area contributed by atoms with Gasteiger partial charge in [0.1, 0.15) is 17.5 Å². The Morgan fingerprint density at radius 2 is 1.84 bits per heavy atom. The van der Waals surface area contributed by atoms with Gasteiger partial charge in [-0.25, -0.2) is 0 Å². The van der Waals surface area contributed by atoms with Crippen LogP contribution in [0.25, 0.3) is 0 Å². The van der Waals surface area contributed by atoms with Crippen LogP contribution < -0.4 is 19.7 Å². The van der Waals surface area contributed by atoms with Gasteiger partial charge in [0.15, 0.2) is 0 Å². The summed E-state index contributed by atoms with van der Waals surface area (Å²) >= 11 is 12.3. The van der Waals surface area contributed by atoms with E-state index in [1.165, 1.54) is 43.8 Å². The predicted molar refractivity (Wildman–Crippen MR) is 136 cm³/mol. The first kappa shape index (κ1) is 26.4. The number of carbonyl (C=O) groups excluding carboxylic acids is 2. The van der Waals surface area contributed by atoms with Crippen molar-refractivity contribution in [1.29, 1.82) is 0 Å². The van der Waals surface area contributed by atoms with Crippen LogP contribution in [0.2, 0.25) is 10.0 Å². The number of methoxy groups -OCH3 is 1. The average molecular weight is 551 g/mol. The molecule has 1 atom stereocenters. The standard InChI is InChI=1S/C25H22Cl2F2N4O4/c1-36-22-8-9-30-13-18(22)24(35)32-10-11-33(16-4-7-19(26)20(27)12-16)21(14-32)23(34)31-15-2-5-17(6-3-15)37-25(28)29/h2-9,12-13,21,25H,10-11,14H2,1H3,(H,31,34)/t21-/m0/s1. The topological polar surface area (TPSA) is 84.0 Å². The number of anilines is 2. The van der Waals surface area contributed by atoms with Crippen molar-refractivity contribution < 1.29 is 27.8 Å². The molecule has 0 spiro atoms. The third kappa shape index (κ3) is 6.20. The van der Waals surface area contributed by atoms with E-state index in [0.29, 0.717) is 40.3 Å². The summed E-state index contributed by atoms with van der Waals surface area (Å²) in [6.45, 7) is -2.26. The van der Waals surface area contributed by atoms with Crippen LogP contribution in [0.15, 0.2) is 60.9 Å². The first-order valence-electron chi connectivity index (χ1n) is 11.1. The van der Waals surface area contributed by atoms with Crippen LogP contribution in [0.4, 0.5) is 20.2 Å². The van der Waals surface area contributed by atoms with Crippen LogP contribution in [0, 0.1) is 0 Å². The van der Waals surface area contributed by atoms with Crippen molar-refractivity contribution >= 4 is 46.4 Å². The van der Waals surface area contributed by atoms with E-state index >= 15 is 0 Å². The molecule has 1 aromatic heterocycles. The highest BCUT2D eigenvalue weighted by Crippen LogP contribution is 2.30. The fourth-order valence-electron chi connectivity index (χ4n) is 4.00. The van der Waals surface area contributed by atoms with E-state index in [0.717, 1.165) is 0 Å². The van der Waals surface area contributed by atoms with Crippen molar-refractivity contribution in [2.45, 2.75) is 12.7 Å². The molecule has 2 amide bonds. The summed E-state index contributed by atoms with van der Waals surface area (Å²) in [6.07, 6.45) is 2.94. The average Bonchev–Trinajstić information content (AvgIpc) is 2.90. The molecule has 0 bridgehead atoms. The first-order chi connectivity index (χ1) is 17.8. The van der Waals surface area contributed by atoms with Gasteiger partial charge in [-0.3, -0.25) is 14.6 Å². The monoisotopic (exact) mass is 550 g/mol. The summed E-state index contributed by atoms with van der Waals surface area (Å²) in [5.41, 5.74) is 1.31. The molecular formula is C25H22Cl2F2N4O4. The Morgan fingerprint density at radius 1 is 1.08 bits per heavy atom. The molecule has 1 aliphatic rings. The van der Waals surface area contributed by atoms with Crippen molar-refractivity contribution in [2.75, 3.05) is 37.0 Å². The van der Waals surface area contributed by atoms with E-state index in [2.05, 4.69) is 15.0 Å². The highest BCUT2D eigenvalue weighted by atomic mass is 35.5. The van der Waals surface area contributed by atoms with Gasteiger partial charge in [0.2, 0.25) is 5.91 Å². The number of hydrogen-bond donors (Lipinski definition) is 1. The maximum absolute atomic E-state index is 13.5. The highest BCUT2D eigenvalue weighted by Gasteiger charge is 2.36. The molecule has 4 rings (SSSR count). The second-order valence-electron chi connectivity index (χ2n) is 8.03. The van der Waals surface area contributed by atoms with Crippen LogP contribution in [-0.2, 0) is 4.79 Å². The lowest BCUT2D eigenvalue weighted by Crippen LogP contribution is -2.59. The number of hydrogen-bond acceptors (Lipinski definition) is 6. The van der Waals surface area contributed by atoms with Crippen LogP contribution in [-0.4, -0.2) is 61.1 Å². The van der Waals surface area contributed by atoms with Gasteiger partial charge in [0.25, 0.3) is 5.91 Å². The van der Waals surface area contributed by atoms with Gasteiger partial charge in [-0.15, -0.1) is 0 Å². The molecule has 1 saturated heterocycles. The molecule has 2 aromatic carbocycles. The Hall–Kier alpha value is -3.63. The second-order valence-corrected chi connectivity index (χ2v) is 8.84. The van der Waals surface area contributed by atoms with E-state index in [9.17, 15) is 18.4 Å². The number of pyridine rings is 1. The lowest BCUT2D eigenvalue weighted by atomic mass is 10.1. The number of nitrogens with zero attached hydrogens (tertiary/aromatic N) is 3. The summed E-state index contributed by atoms with van der Waals surface area (Å²) in [5.74, 6) is -0.404. The number of halogens is 4. The third-order valence-corrected chi connectivity index (χ3v) is 6.52. The lowest BCUT2D eigenvalue weighted by molar-refractivity contribution is -0.118. The van der Waals surface area contributed by atoms with Gasteiger partial charge in [0, 0.05) is 36.9 Å². The van der Waals surface area contributed by atoms with E-state index in [1.54, 1.807) is 29.2 Å². The minimum Gasteiger partial charge on any atom is -0.496 e. The van der Waals surface area contributed by atoms with Gasteiger partial charge in [-0.2, -0.15) is 8.78 Å². The van der Waals surface area contributed by atoms with E-state index in [-0.39, 0.29) is 23.8 Å². The fourth-order valence-corrected chi connectivity index (χ4v) is 4.29. The Kier molecular flexibility index (Phi) is 8.30. The van der Waals surface area contributed by atoms with Crippen LogP contribution >= 0.6 is 23.2 Å². The molecule has 194 valence electrons. The number of amides is 2. The van der Waals surface area contributed by atoms with E-state index in [1.807, 2.05) is 4.90 Å². The Labute approximate surface area is 221 Å². The maximum Gasteiger partial charge on any atom is 0.387 e. The van der Waals surface area contributed by atoms with Crippen molar-refractivity contribution in [3.05, 3.63) is 76.5 Å². The molecule has 8 nitrogen and oxygen atoms in total. The number of rotatable bonds is 7. The van der Waals surface area contributed by atoms with E-state index < -0.39 is 18.6 Å². The molecule has 0 unspecified atom stereocenters. The number of ether oxygens (including phenoxy) is 2. The van der Waals surface area contributed by atoms with Crippen LogP contribution in [0.3, 0.4) is 0 Å². The molecule has 0 radical (unpaired) electrons. The molecule has 1 fully saturated rings. The minimum atomic E-state index is -2.95. The number of nitrogens with one attached hydrogen (secondary N) is 1. The van der Waals surface area contributed by atoms with Gasteiger partial charge < -0.3 is 24.6 Å². The third-order valence-electron chi connectivity index (χ3n) is 5.78. The van der Waals surface area contributed by atoms with Gasteiger partial charge in [-0.1, -0.05) is 23.2 Å². The Bertz CT molecular complexity index is 1280. The molecule has 1 aliphatic heterocycles.